The average molecular weight is 244 g/mol. The van der Waals surface area contributed by atoms with Crippen LogP contribution in [-0.4, -0.2) is 20.8 Å². The molecule has 0 saturated carbocycles. The number of aryl methyl sites for hydroxylation is 2. The van der Waals surface area contributed by atoms with Crippen molar-refractivity contribution in [2.45, 2.75) is 40.3 Å². The lowest BCUT2D eigenvalue weighted by Crippen LogP contribution is -2.22. The molecule has 0 atom stereocenters. The zero-order valence-corrected chi connectivity index (χ0v) is 11.4. The van der Waals surface area contributed by atoms with Crippen LogP contribution in [0.4, 0.5) is 0 Å². The van der Waals surface area contributed by atoms with Gasteiger partial charge in [-0.15, -0.1) is 0 Å². The summed E-state index contributed by atoms with van der Waals surface area (Å²) in [5, 5.41) is 7.77. The Labute approximate surface area is 108 Å². The largest absolute Gasteiger partial charge is 0.310 e. The van der Waals surface area contributed by atoms with Gasteiger partial charge in [0, 0.05) is 25.0 Å². The number of hydrogen-bond acceptors (Lipinski definition) is 3. The van der Waals surface area contributed by atoms with E-state index in [0.29, 0.717) is 6.04 Å². The summed E-state index contributed by atoms with van der Waals surface area (Å²) in [6, 6.07) is 4.63. The lowest BCUT2D eigenvalue weighted by atomic mass is 10.2. The topological polar surface area (TPSA) is 42.7 Å². The average Bonchev–Trinajstić information content (AvgIpc) is 2.73. The lowest BCUT2D eigenvalue weighted by Gasteiger charge is -2.10. The van der Waals surface area contributed by atoms with Crippen LogP contribution in [0.25, 0.3) is 5.82 Å². The quantitative estimate of drug-likeness (QED) is 0.898. The first-order chi connectivity index (χ1) is 8.56. The Balaban J connectivity index is 2.20. The minimum absolute atomic E-state index is 0.485. The fraction of sp³-hybridized carbons (Fsp3) is 0.429. The molecule has 0 unspecified atom stereocenters. The van der Waals surface area contributed by atoms with Gasteiger partial charge >= 0.3 is 0 Å². The van der Waals surface area contributed by atoms with E-state index in [1.165, 1.54) is 5.56 Å². The van der Waals surface area contributed by atoms with E-state index < -0.39 is 0 Å². The van der Waals surface area contributed by atoms with Crippen LogP contribution in [-0.2, 0) is 6.54 Å². The van der Waals surface area contributed by atoms with E-state index in [1.54, 1.807) is 0 Å². The summed E-state index contributed by atoms with van der Waals surface area (Å²) in [5.41, 5.74) is 3.34. The molecule has 0 spiro atoms. The van der Waals surface area contributed by atoms with Crippen LogP contribution in [0.3, 0.4) is 0 Å². The summed E-state index contributed by atoms with van der Waals surface area (Å²) < 4.78 is 1.82. The van der Waals surface area contributed by atoms with Crippen LogP contribution in [0.15, 0.2) is 24.5 Å². The summed E-state index contributed by atoms with van der Waals surface area (Å²) in [7, 11) is 0. The Hall–Kier alpha value is -1.68. The fourth-order valence-corrected chi connectivity index (χ4v) is 1.82. The number of nitrogens with one attached hydrogen (secondary N) is 1. The van der Waals surface area contributed by atoms with Gasteiger partial charge in [-0.2, -0.15) is 5.10 Å². The number of nitrogens with zero attached hydrogens (tertiary/aromatic N) is 3. The van der Waals surface area contributed by atoms with Gasteiger partial charge in [0.25, 0.3) is 0 Å². The van der Waals surface area contributed by atoms with E-state index in [0.717, 1.165) is 23.6 Å². The molecule has 0 aliphatic carbocycles. The zero-order chi connectivity index (χ0) is 13.1. The van der Waals surface area contributed by atoms with Gasteiger partial charge in [0.2, 0.25) is 0 Å². The molecule has 0 bridgehead atoms. The van der Waals surface area contributed by atoms with Crippen molar-refractivity contribution in [1.82, 2.24) is 20.1 Å². The summed E-state index contributed by atoms with van der Waals surface area (Å²) in [6.07, 6.45) is 3.85. The Bertz CT molecular complexity index is 528. The minimum atomic E-state index is 0.485. The van der Waals surface area contributed by atoms with E-state index >= 15 is 0 Å². The predicted molar refractivity (Wildman–Crippen MR) is 72.8 cm³/mol. The van der Waals surface area contributed by atoms with Gasteiger partial charge < -0.3 is 5.32 Å². The molecular formula is C14H20N4. The molecule has 2 aromatic rings. The first-order valence-electron chi connectivity index (χ1n) is 6.28. The molecule has 0 saturated heterocycles. The van der Waals surface area contributed by atoms with Gasteiger partial charge in [-0.05, 0) is 37.1 Å². The molecule has 0 fully saturated rings. The number of rotatable bonds is 4. The molecule has 0 amide bonds. The molecule has 4 heteroatoms. The smallest absolute Gasteiger partial charge is 0.156 e. The van der Waals surface area contributed by atoms with E-state index in [-0.39, 0.29) is 0 Å². The first kappa shape index (κ1) is 12.8. The van der Waals surface area contributed by atoms with Crippen molar-refractivity contribution in [1.29, 1.82) is 0 Å². The van der Waals surface area contributed by atoms with Crippen molar-refractivity contribution in [3.63, 3.8) is 0 Å². The Morgan fingerprint density at radius 1 is 1.33 bits per heavy atom. The highest BCUT2D eigenvalue weighted by Crippen LogP contribution is 2.12. The molecule has 2 heterocycles. The highest BCUT2D eigenvalue weighted by molar-refractivity contribution is 5.34. The molecule has 4 nitrogen and oxygen atoms in total. The third-order valence-electron chi connectivity index (χ3n) is 2.76. The van der Waals surface area contributed by atoms with Gasteiger partial charge in [-0.1, -0.05) is 13.8 Å². The molecule has 1 N–H and O–H groups in total. The van der Waals surface area contributed by atoms with Crippen LogP contribution in [0.5, 0.6) is 0 Å². The molecule has 2 rings (SSSR count). The highest BCUT2D eigenvalue weighted by atomic mass is 15.3. The SMILES string of the molecule is Cc1ccn(-c2ncc(CNC(C)C)cc2C)n1. The van der Waals surface area contributed by atoms with Gasteiger partial charge in [0.15, 0.2) is 5.82 Å². The summed E-state index contributed by atoms with van der Waals surface area (Å²) in [6.45, 7) is 9.18. The van der Waals surface area contributed by atoms with Gasteiger partial charge in [-0.3, -0.25) is 0 Å². The maximum absolute atomic E-state index is 4.50. The van der Waals surface area contributed by atoms with Crippen molar-refractivity contribution >= 4 is 0 Å². The summed E-state index contributed by atoms with van der Waals surface area (Å²) in [5.74, 6) is 0.899. The third kappa shape index (κ3) is 2.96. The van der Waals surface area contributed by atoms with Crippen LogP contribution < -0.4 is 5.32 Å². The molecule has 96 valence electrons. The van der Waals surface area contributed by atoms with Crippen molar-refractivity contribution < 1.29 is 0 Å². The van der Waals surface area contributed by atoms with Crippen LogP contribution in [0.2, 0.25) is 0 Å². The number of pyridine rings is 1. The van der Waals surface area contributed by atoms with E-state index in [4.69, 9.17) is 0 Å². The zero-order valence-electron chi connectivity index (χ0n) is 11.4. The van der Waals surface area contributed by atoms with Crippen molar-refractivity contribution in [2.75, 3.05) is 0 Å². The third-order valence-corrected chi connectivity index (χ3v) is 2.76. The fourth-order valence-electron chi connectivity index (χ4n) is 1.82. The lowest BCUT2D eigenvalue weighted by molar-refractivity contribution is 0.587. The molecule has 0 aliphatic rings. The normalized spacial score (nSPS) is 11.2. The Kier molecular flexibility index (Phi) is 3.77. The van der Waals surface area contributed by atoms with E-state index in [9.17, 15) is 0 Å². The molecule has 18 heavy (non-hydrogen) atoms. The Morgan fingerprint density at radius 2 is 2.11 bits per heavy atom. The number of aromatic nitrogens is 3. The van der Waals surface area contributed by atoms with Gasteiger partial charge in [-0.25, -0.2) is 9.67 Å². The maximum Gasteiger partial charge on any atom is 0.156 e. The van der Waals surface area contributed by atoms with Crippen molar-refractivity contribution in [2.24, 2.45) is 0 Å². The van der Waals surface area contributed by atoms with Crippen LogP contribution >= 0.6 is 0 Å². The second-order valence-corrected chi connectivity index (χ2v) is 4.92. The van der Waals surface area contributed by atoms with Gasteiger partial charge in [0.05, 0.1) is 5.69 Å². The second kappa shape index (κ2) is 5.31. The summed E-state index contributed by atoms with van der Waals surface area (Å²) in [4.78, 5) is 4.50. The van der Waals surface area contributed by atoms with Crippen molar-refractivity contribution in [3.05, 3.63) is 41.3 Å². The first-order valence-corrected chi connectivity index (χ1v) is 6.28. The minimum Gasteiger partial charge on any atom is -0.310 e. The molecule has 0 aliphatic heterocycles. The van der Waals surface area contributed by atoms with Crippen LogP contribution in [0.1, 0.15) is 30.7 Å². The van der Waals surface area contributed by atoms with Crippen LogP contribution in [0, 0.1) is 13.8 Å². The molecular weight excluding hydrogens is 224 g/mol. The van der Waals surface area contributed by atoms with E-state index in [1.807, 2.05) is 30.1 Å². The monoisotopic (exact) mass is 244 g/mol. The summed E-state index contributed by atoms with van der Waals surface area (Å²) >= 11 is 0. The van der Waals surface area contributed by atoms with E-state index in [2.05, 4.69) is 42.2 Å². The predicted octanol–water partition coefficient (Wildman–Crippen LogP) is 2.38. The van der Waals surface area contributed by atoms with Crippen molar-refractivity contribution in [3.8, 4) is 5.82 Å². The molecule has 2 aromatic heterocycles. The van der Waals surface area contributed by atoms with Gasteiger partial charge in [0.1, 0.15) is 0 Å². The molecule has 0 aromatic carbocycles. The Morgan fingerprint density at radius 3 is 2.67 bits per heavy atom. The second-order valence-electron chi connectivity index (χ2n) is 4.92. The maximum atomic E-state index is 4.50. The standard InChI is InChI=1S/C14H20N4/c1-10(2)15-8-13-7-11(3)14(16-9-13)18-6-5-12(4)17-18/h5-7,9-10,15H,8H2,1-4H3. The number of hydrogen-bond donors (Lipinski definition) is 1. The highest BCUT2D eigenvalue weighted by Gasteiger charge is 2.05. The molecule has 0 radical (unpaired) electrons.